The minimum atomic E-state index is -1.12. The Bertz CT molecular complexity index is 812. The maximum Gasteiger partial charge on any atom is 0.335 e. The van der Waals surface area contributed by atoms with E-state index in [1.165, 1.54) is 18.2 Å². The number of rotatable bonds is 6. The summed E-state index contributed by atoms with van der Waals surface area (Å²) in [6.07, 6.45) is 4.84. The van der Waals surface area contributed by atoms with Gasteiger partial charge in [-0.3, -0.25) is 30.1 Å². The number of carbonyl (C=O) groups excluding carboxylic acids is 3. The van der Waals surface area contributed by atoms with E-state index in [9.17, 15) is 19.2 Å². The summed E-state index contributed by atoms with van der Waals surface area (Å²) in [6, 6.07) is 4.03. The van der Waals surface area contributed by atoms with Crippen molar-refractivity contribution in [2.75, 3.05) is 12.0 Å². The minimum absolute atomic E-state index is 0.00107. The SMILES string of the molecule is O=C(CCN1C(=O)[C@@H]2CC=CC[C@H]2C1=O)NNc1cc(C(=O)O)ccc1Cl. The number of carbonyl (C=O) groups is 4. The van der Waals surface area contributed by atoms with E-state index in [4.69, 9.17) is 16.7 Å². The summed E-state index contributed by atoms with van der Waals surface area (Å²) in [4.78, 5) is 48.9. The van der Waals surface area contributed by atoms with Gasteiger partial charge in [-0.25, -0.2) is 4.79 Å². The first-order valence-electron chi connectivity index (χ1n) is 8.46. The normalized spacial score (nSPS) is 21.1. The first-order valence-corrected chi connectivity index (χ1v) is 8.84. The minimum Gasteiger partial charge on any atom is -0.478 e. The number of nitrogens with zero attached hydrogens (tertiary/aromatic N) is 1. The number of amides is 3. The lowest BCUT2D eigenvalue weighted by Crippen LogP contribution is -2.37. The van der Waals surface area contributed by atoms with Gasteiger partial charge >= 0.3 is 5.97 Å². The number of aromatic carboxylic acids is 1. The third-order valence-electron chi connectivity index (χ3n) is 4.71. The number of carboxylic acids is 1. The average Bonchev–Trinajstić information content (AvgIpc) is 2.90. The van der Waals surface area contributed by atoms with Gasteiger partial charge in [0, 0.05) is 13.0 Å². The van der Waals surface area contributed by atoms with Gasteiger partial charge < -0.3 is 5.11 Å². The highest BCUT2D eigenvalue weighted by Crippen LogP contribution is 2.35. The van der Waals surface area contributed by atoms with Gasteiger partial charge in [-0.15, -0.1) is 0 Å². The van der Waals surface area contributed by atoms with E-state index in [-0.39, 0.29) is 52.9 Å². The summed E-state index contributed by atoms with van der Waals surface area (Å²) in [5, 5.41) is 9.23. The molecule has 0 bridgehead atoms. The van der Waals surface area contributed by atoms with Gasteiger partial charge in [0.15, 0.2) is 0 Å². The fourth-order valence-electron chi connectivity index (χ4n) is 3.26. The van der Waals surface area contributed by atoms with Crippen LogP contribution in [0.1, 0.15) is 29.6 Å². The van der Waals surface area contributed by atoms with Crippen LogP contribution in [0.4, 0.5) is 5.69 Å². The van der Waals surface area contributed by atoms with Crippen molar-refractivity contribution in [3.05, 3.63) is 40.9 Å². The number of hydrazine groups is 1. The van der Waals surface area contributed by atoms with Crippen molar-refractivity contribution in [3.8, 4) is 0 Å². The summed E-state index contributed by atoms with van der Waals surface area (Å²) in [6.45, 7) is 0.00107. The molecule has 1 saturated heterocycles. The fraction of sp³-hybridized carbons (Fsp3) is 0.333. The first kappa shape index (κ1) is 18.9. The molecule has 0 saturated carbocycles. The Morgan fingerprint density at radius 1 is 1.15 bits per heavy atom. The molecular weight excluding hydrogens is 374 g/mol. The van der Waals surface area contributed by atoms with E-state index < -0.39 is 11.9 Å². The summed E-state index contributed by atoms with van der Waals surface area (Å²) in [5.74, 6) is -2.68. The van der Waals surface area contributed by atoms with Crippen LogP contribution in [0.2, 0.25) is 5.02 Å². The molecule has 142 valence electrons. The molecule has 1 aromatic rings. The molecule has 1 heterocycles. The molecule has 9 heteroatoms. The average molecular weight is 392 g/mol. The number of fused-ring (bicyclic) bond motifs is 1. The summed E-state index contributed by atoms with van der Waals surface area (Å²) < 4.78 is 0. The van der Waals surface area contributed by atoms with Gasteiger partial charge in [0.05, 0.1) is 28.1 Å². The van der Waals surface area contributed by atoms with Crippen molar-refractivity contribution in [1.29, 1.82) is 0 Å². The molecule has 1 aromatic carbocycles. The van der Waals surface area contributed by atoms with Crippen LogP contribution in [0.15, 0.2) is 30.4 Å². The predicted molar refractivity (Wildman–Crippen MR) is 96.9 cm³/mol. The first-order chi connectivity index (χ1) is 12.9. The number of hydrogen-bond donors (Lipinski definition) is 3. The topological polar surface area (TPSA) is 116 Å². The third kappa shape index (κ3) is 3.95. The van der Waals surface area contributed by atoms with E-state index >= 15 is 0 Å². The van der Waals surface area contributed by atoms with Crippen LogP contribution in [0.3, 0.4) is 0 Å². The van der Waals surface area contributed by atoms with Crippen LogP contribution in [0.5, 0.6) is 0 Å². The van der Waals surface area contributed by atoms with Crippen LogP contribution in [0.25, 0.3) is 0 Å². The Labute approximate surface area is 160 Å². The van der Waals surface area contributed by atoms with E-state index in [0.717, 1.165) is 4.90 Å². The molecular formula is C18H18ClN3O5. The maximum atomic E-state index is 12.3. The molecule has 3 N–H and O–H groups in total. The van der Waals surface area contributed by atoms with Gasteiger partial charge in [0.1, 0.15) is 0 Å². The second kappa shape index (κ2) is 7.79. The van der Waals surface area contributed by atoms with Crippen molar-refractivity contribution in [3.63, 3.8) is 0 Å². The van der Waals surface area contributed by atoms with Crippen molar-refractivity contribution in [2.24, 2.45) is 11.8 Å². The molecule has 1 aliphatic heterocycles. The predicted octanol–water partition coefficient (Wildman–Crippen LogP) is 1.82. The zero-order valence-corrected chi connectivity index (χ0v) is 15.0. The lowest BCUT2D eigenvalue weighted by molar-refractivity contribution is -0.140. The van der Waals surface area contributed by atoms with E-state index in [1.807, 2.05) is 12.2 Å². The van der Waals surface area contributed by atoms with E-state index in [2.05, 4.69) is 10.9 Å². The Kier molecular flexibility index (Phi) is 5.46. The molecule has 27 heavy (non-hydrogen) atoms. The molecule has 0 radical (unpaired) electrons. The zero-order chi connectivity index (χ0) is 19.6. The highest BCUT2D eigenvalue weighted by Gasteiger charge is 2.46. The molecule has 8 nitrogen and oxygen atoms in total. The highest BCUT2D eigenvalue weighted by atomic mass is 35.5. The largest absolute Gasteiger partial charge is 0.478 e. The second-order valence-electron chi connectivity index (χ2n) is 6.41. The quantitative estimate of drug-likeness (QED) is 0.387. The monoisotopic (exact) mass is 391 g/mol. The van der Waals surface area contributed by atoms with Crippen LogP contribution >= 0.6 is 11.6 Å². The van der Waals surface area contributed by atoms with Crippen LogP contribution in [-0.2, 0) is 14.4 Å². The summed E-state index contributed by atoms with van der Waals surface area (Å²) >= 11 is 5.96. The molecule has 2 aliphatic rings. The zero-order valence-electron chi connectivity index (χ0n) is 14.3. The van der Waals surface area contributed by atoms with Gasteiger partial charge in [0.25, 0.3) is 0 Å². The van der Waals surface area contributed by atoms with Gasteiger partial charge in [0.2, 0.25) is 17.7 Å². The van der Waals surface area contributed by atoms with Crippen LogP contribution in [-0.4, -0.2) is 40.2 Å². The molecule has 3 rings (SSSR count). The summed E-state index contributed by atoms with van der Waals surface area (Å²) in [5.41, 5.74) is 5.20. The lowest BCUT2D eigenvalue weighted by Gasteiger charge is -2.15. The number of carboxylic acid groups (broad SMARTS) is 1. The number of imide groups is 1. The molecule has 0 spiro atoms. The molecule has 0 unspecified atom stereocenters. The Hall–Kier alpha value is -2.87. The van der Waals surface area contributed by atoms with Crippen LogP contribution < -0.4 is 10.9 Å². The molecule has 1 aliphatic carbocycles. The molecule has 2 atom stereocenters. The van der Waals surface area contributed by atoms with E-state index in [1.54, 1.807) is 0 Å². The van der Waals surface area contributed by atoms with Gasteiger partial charge in [-0.2, -0.15) is 0 Å². The number of anilines is 1. The Balaban J connectivity index is 1.53. The lowest BCUT2D eigenvalue weighted by atomic mass is 9.85. The number of halogens is 1. The molecule has 0 aromatic heterocycles. The molecule has 3 amide bonds. The van der Waals surface area contributed by atoms with Gasteiger partial charge in [-0.1, -0.05) is 23.8 Å². The van der Waals surface area contributed by atoms with Crippen molar-refractivity contribution in [1.82, 2.24) is 10.3 Å². The van der Waals surface area contributed by atoms with Crippen molar-refractivity contribution >= 4 is 41.0 Å². The highest BCUT2D eigenvalue weighted by molar-refractivity contribution is 6.33. The Morgan fingerprint density at radius 2 is 1.78 bits per heavy atom. The maximum absolute atomic E-state index is 12.3. The summed E-state index contributed by atoms with van der Waals surface area (Å²) in [7, 11) is 0. The number of nitrogens with one attached hydrogen (secondary N) is 2. The Morgan fingerprint density at radius 3 is 2.37 bits per heavy atom. The van der Waals surface area contributed by atoms with Gasteiger partial charge in [-0.05, 0) is 31.0 Å². The number of likely N-dealkylation sites (tertiary alicyclic amines) is 1. The fourth-order valence-corrected chi connectivity index (χ4v) is 3.42. The third-order valence-corrected chi connectivity index (χ3v) is 5.04. The number of benzene rings is 1. The second-order valence-corrected chi connectivity index (χ2v) is 6.81. The standard InChI is InChI=1S/C18H18ClN3O5/c19-13-6-5-10(18(26)27)9-14(13)20-21-15(23)7-8-22-16(24)11-3-1-2-4-12(11)17(22)25/h1-2,5-6,9,11-12,20H,3-4,7-8H2,(H,21,23)(H,26,27)/t11-,12-/m1/s1. The number of hydrogen-bond acceptors (Lipinski definition) is 5. The number of allylic oxidation sites excluding steroid dienone is 2. The molecule has 1 fully saturated rings. The van der Waals surface area contributed by atoms with E-state index in [0.29, 0.717) is 12.8 Å². The van der Waals surface area contributed by atoms with Crippen molar-refractivity contribution < 1.29 is 24.3 Å². The van der Waals surface area contributed by atoms with Crippen LogP contribution in [0, 0.1) is 11.8 Å². The smallest absolute Gasteiger partial charge is 0.335 e. The van der Waals surface area contributed by atoms with Crippen molar-refractivity contribution in [2.45, 2.75) is 19.3 Å².